The molecule has 0 amide bonds. The number of benzene rings is 1. The summed E-state index contributed by atoms with van der Waals surface area (Å²) in [6.07, 6.45) is -4.42. The van der Waals surface area contributed by atoms with E-state index in [4.69, 9.17) is 0 Å². The minimum atomic E-state index is -4.42. The number of fused-ring (bicyclic) bond motifs is 1. The summed E-state index contributed by atoms with van der Waals surface area (Å²) in [7, 11) is 0. The van der Waals surface area contributed by atoms with E-state index in [9.17, 15) is 23.1 Å². The number of hydrogen-bond acceptors (Lipinski definition) is 4. The molecule has 0 aliphatic heterocycles. The molecular weight excluding hydrogens is 464 g/mol. The summed E-state index contributed by atoms with van der Waals surface area (Å²) in [6.45, 7) is 2.91. The number of halogens is 4. The van der Waals surface area contributed by atoms with E-state index in [0.717, 1.165) is 12.1 Å². The van der Waals surface area contributed by atoms with Crippen LogP contribution in [-0.2, 0) is 12.8 Å². The van der Waals surface area contributed by atoms with Gasteiger partial charge in [0.05, 0.1) is 18.2 Å². The van der Waals surface area contributed by atoms with E-state index in [2.05, 4.69) is 15.1 Å². The molecule has 3 rings (SSSR count). The Labute approximate surface area is 159 Å². The lowest BCUT2D eigenvalue weighted by Gasteiger charge is -2.17. The molecule has 0 radical (unpaired) electrons. The molecule has 2 aromatic heterocycles. The fraction of sp³-hybridized carbons (Fsp3) is 0.312. The zero-order valence-electron chi connectivity index (χ0n) is 13.7. The average Bonchev–Trinajstić information content (AvgIpc) is 2.92. The molecule has 1 atom stereocenters. The van der Waals surface area contributed by atoms with Crippen LogP contribution >= 0.6 is 22.6 Å². The molecule has 2 N–H and O–H groups in total. The van der Waals surface area contributed by atoms with Gasteiger partial charge in [-0.2, -0.15) is 18.3 Å². The summed E-state index contributed by atoms with van der Waals surface area (Å²) in [4.78, 5) is 19.0. The van der Waals surface area contributed by atoms with Crippen LogP contribution in [0.3, 0.4) is 0 Å². The van der Waals surface area contributed by atoms with Gasteiger partial charge in [-0.1, -0.05) is 6.07 Å². The molecule has 0 aliphatic carbocycles. The van der Waals surface area contributed by atoms with Gasteiger partial charge in [-0.05, 0) is 54.1 Å². The van der Waals surface area contributed by atoms with Gasteiger partial charge in [0.15, 0.2) is 5.65 Å². The van der Waals surface area contributed by atoms with Gasteiger partial charge in [0.25, 0.3) is 5.56 Å². The summed E-state index contributed by atoms with van der Waals surface area (Å²) in [5.41, 5.74) is -0.102. The van der Waals surface area contributed by atoms with Crippen LogP contribution in [0.1, 0.15) is 35.6 Å². The van der Waals surface area contributed by atoms with Gasteiger partial charge in [-0.3, -0.25) is 4.79 Å². The number of aryl methyl sites for hydroxylation is 1. The maximum Gasteiger partial charge on any atom is 0.416 e. The van der Waals surface area contributed by atoms with E-state index in [1.165, 1.54) is 10.7 Å². The number of aromatic nitrogens is 4. The molecule has 3 aromatic rings. The highest BCUT2D eigenvalue weighted by atomic mass is 127. The molecule has 6 nitrogen and oxygen atoms in total. The number of H-pyrrole nitrogens is 1. The lowest BCUT2D eigenvalue weighted by molar-refractivity contribution is -0.137. The van der Waals surface area contributed by atoms with Crippen molar-refractivity contribution in [2.24, 2.45) is 0 Å². The first-order valence-corrected chi connectivity index (χ1v) is 8.67. The van der Waals surface area contributed by atoms with Gasteiger partial charge < -0.3 is 10.1 Å². The Morgan fingerprint density at radius 2 is 2.08 bits per heavy atom. The van der Waals surface area contributed by atoms with Crippen molar-refractivity contribution in [3.8, 4) is 0 Å². The fourth-order valence-electron chi connectivity index (χ4n) is 2.78. The first kappa shape index (κ1) is 18.8. The minimum absolute atomic E-state index is 0.169. The number of nitrogens with one attached hydrogen (secondary N) is 1. The molecule has 2 heterocycles. The number of aliphatic hydroxyl groups excluding tert-OH is 1. The number of alkyl halides is 3. The third kappa shape index (κ3) is 3.22. The highest BCUT2D eigenvalue weighted by Gasteiger charge is 2.31. The molecule has 0 saturated heterocycles. The predicted octanol–water partition coefficient (Wildman–Crippen LogP) is 3.15. The number of hydrogen-bond donors (Lipinski definition) is 2. The van der Waals surface area contributed by atoms with Crippen LogP contribution in [0, 0.1) is 10.5 Å². The molecular formula is C16H14F3IN4O2. The second-order valence-corrected chi connectivity index (χ2v) is 6.97. The molecule has 0 spiro atoms. The fourth-order valence-corrected chi connectivity index (χ4v) is 3.75. The Hall–Kier alpha value is -1.95. The minimum Gasteiger partial charge on any atom is -0.390 e. The number of aliphatic hydroxyl groups is 1. The van der Waals surface area contributed by atoms with Crippen molar-refractivity contribution in [1.82, 2.24) is 19.7 Å². The molecule has 0 unspecified atom stereocenters. The normalized spacial score (nSPS) is 13.3. The maximum atomic E-state index is 12.9. The maximum absolute atomic E-state index is 12.9. The summed E-state index contributed by atoms with van der Waals surface area (Å²) in [5, 5.41) is 13.9. The summed E-state index contributed by atoms with van der Waals surface area (Å²) >= 11 is 1.84. The summed E-state index contributed by atoms with van der Waals surface area (Å²) in [6, 6.07) is 2.98. The van der Waals surface area contributed by atoms with Crippen molar-refractivity contribution < 1.29 is 18.3 Å². The van der Waals surface area contributed by atoms with Crippen LogP contribution in [0.25, 0.3) is 11.0 Å². The van der Waals surface area contributed by atoms with E-state index in [1.807, 2.05) is 22.6 Å². The highest BCUT2D eigenvalue weighted by molar-refractivity contribution is 14.1. The van der Waals surface area contributed by atoms with E-state index in [1.54, 1.807) is 13.8 Å². The van der Waals surface area contributed by atoms with Gasteiger partial charge in [-0.25, -0.2) is 9.67 Å². The van der Waals surface area contributed by atoms with Gasteiger partial charge in [0.2, 0.25) is 0 Å². The van der Waals surface area contributed by atoms with E-state index in [0.29, 0.717) is 15.0 Å². The molecule has 10 heteroatoms. The van der Waals surface area contributed by atoms with Gasteiger partial charge in [0.1, 0.15) is 16.9 Å². The van der Waals surface area contributed by atoms with Crippen LogP contribution in [0.5, 0.6) is 0 Å². The lowest BCUT2D eigenvalue weighted by atomic mass is 10.1. The number of aromatic amines is 1. The molecule has 0 fully saturated rings. The van der Waals surface area contributed by atoms with E-state index in [-0.39, 0.29) is 16.7 Å². The topological polar surface area (TPSA) is 83.8 Å². The smallest absolute Gasteiger partial charge is 0.390 e. The van der Waals surface area contributed by atoms with Crippen LogP contribution in [0.4, 0.5) is 13.2 Å². The summed E-state index contributed by atoms with van der Waals surface area (Å²) in [5.74, 6) is 0.377. The van der Waals surface area contributed by atoms with Crippen molar-refractivity contribution in [2.75, 3.05) is 0 Å². The SMILES string of the molecule is Cc1nc2c(c(CO)nn2[C@H](C)c2ccc(C(F)(F)F)cc2I)c(=O)[nH]1. The predicted molar refractivity (Wildman–Crippen MR) is 96.8 cm³/mol. The standard InChI is InChI=1S/C16H14F3IN4O2/c1-7(10-4-3-9(5-11(10)20)16(17,18)19)24-14-13(12(6-25)23-24)15(26)22-8(2)21-14/h3-5,7,25H,6H2,1-2H3,(H,21,22,26)/t7-/m1/s1. The first-order chi connectivity index (χ1) is 12.1. The Morgan fingerprint density at radius 3 is 2.65 bits per heavy atom. The van der Waals surface area contributed by atoms with Crippen molar-refractivity contribution in [2.45, 2.75) is 32.7 Å². The quantitative estimate of drug-likeness (QED) is 0.567. The average molecular weight is 478 g/mol. The second-order valence-electron chi connectivity index (χ2n) is 5.81. The lowest BCUT2D eigenvalue weighted by Crippen LogP contribution is -2.14. The Bertz CT molecular complexity index is 1040. The van der Waals surface area contributed by atoms with Crippen LogP contribution < -0.4 is 5.56 Å². The Morgan fingerprint density at radius 1 is 1.38 bits per heavy atom. The van der Waals surface area contributed by atoms with Crippen molar-refractivity contribution >= 4 is 33.6 Å². The first-order valence-electron chi connectivity index (χ1n) is 7.59. The van der Waals surface area contributed by atoms with Gasteiger partial charge in [0, 0.05) is 3.57 Å². The monoisotopic (exact) mass is 478 g/mol. The zero-order valence-corrected chi connectivity index (χ0v) is 15.9. The third-order valence-corrected chi connectivity index (χ3v) is 4.98. The zero-order chi connectivity index (χ0) is 19.2. The molecule has 0 saturated carbocycles. The van der Waals surface area contributed by atoms with E-state index >= 15 is 0 Å². The second kappa shape index (κ2) is 6.65. The molecule has 26 heavy (non-hydrogen) atoms. The molecule has 0 bridgehead atoms. The van der Waals surface area contributed by atoms with Crippen molar-refractivity contribution in [1.29, 1.82) is 0 Å². The van der Waals surface area contributed by atoms with Crippen LogP contribution in [-0.4, -0.2) is 24.9 Å². The molecule has 0 aliphatic rings. The third-order valence-electron chi connectivity index (χ3n) is 4.05. The molecule has 1 aromatic carbocycles. The number of nitrogens with zero attached hydrogens (tertiary/aromatic N) is 3. The van der Waals surface area contributed by atoms with Gasteiger partial charge >= 0.3 is 6.18 Å². The highest BCUT2D eigenvalue weighted by Crippen LogP contribution is 2.33. The van der Waals surface area contributed by atoms with Crippen LogP contribution in [0.15, 0.2) is 23.0 Å². The van der Waals surface area contributed by atoms with E-state index < -0.39 is 29.9 Å². The largest absolute Gasteiger partial charge is 0.416 e. The van der Waals surface area contributed by atoms with Crippen molar-refractivity contribution in [3.05, 3.63) is 54.8 Å². The Kier molecular flexibility index (Phi) is 4.82. The van der Waals surface area contributed by atoms with Crippen LogP contribution in [0.2, 0.25) is 0 Å². The van der Waals surface area contributed by atoms with Crippen molar-refractivity contribution in [3.63, 3.8) is 0 Å². The molecule has 138 valence electrons. The summed E-state index contributed by atoms with van der Waals surface area (Å²) < 4.78 is 40.5. The Balaban J connectivity index is 2.17. The van der Waals surface area contributed by atoms with Gasteiger partial charge in [-0.15, -0.1) is 0 Å². The number of rotatable bonds is 3.